The number of carbonyl (C=O) groups excluding carboxylic acids is 3. The average Bonchev–Trinajstić information content (AvgIpc) is 3.03. The number of carbonyl (C=O) groups is 3. The lowest BCUT2D eigenvalue weighted by Crippen LogP contribution is -2.52. The van der Waals surface area contributed by atoms with Gasteiger partial charge < -0.3 is 14.0 Å². The van der Waals surface area contributed by atoms with Crippen molar-refractivity contribution in [2.75, 3.05) is 7.11 Å². The molecule has 2 fully saturated rings. The lowest BCUT2D eigenvalue weighted by molar-refractivity contribution is -0.146. The second-order valence-corrected chi connectivity index (χ2v) is 18.4. The second kappa shape index (κ2) is 10.6. The van der Waals surface area contributed by atoms with Gasteiger partial charge in [0.25, 0.3) is 0 Å². The van der Waals surface area contributed by atoms with Crippen molar-refractivity contribution < 1.29 is 23.5 Å². The van der Waals surface area contributed by atoms with Gasteiger partial charge in [0.15, 0.2) is 14.1 Å². The van der Waals surface area contributed by atoms with E-state index in [-0.39, 0.29) is 28.6 Å². The van der Waals surface area contributed by atoms with Crippen LogP contribution in [0.3, 0.4) is 0 Å². The summed E-state index contributed by atoms with van der Waals surface area (Å²) in [5.41, 5.74) is 0.980. The maximum absolute atomic E-state index is 13.1. The fourth-order valence-electron chi connectivity index (χ4n) is 6.74. The smallest absolute Gasteiger partial charge is 0.305 e. The summed E-state index contributed by atoms with van der Waals surface area (Å²) in [6.45, 7) is 23.5. The third-order valence-electron chi connectivity index (χ3n) is 9.89. The molecule has 6 atom stereocenters. The van der Waals surface area contributed by atoms with Crippen LogP contribution < -0.4 is 0 Å². The minimum absolute atomic E-state index is 0.0123. The molecule has 2 rings (SSSR count). The number of hydrogen-bond donors (Lipinski definition) is 0. The Labute approximate surface area is 214 Å². The highest BCUT2D eigenvalue weighted by molar-refractivity contribution is 6.74. The number of esters is 1. The van der Waals surface area contributed by atoms with Crippen molar-refractivity contribution in [3.8, 4) is 0 Å². The Kier molecular flexibility index (Phi) is 9.08. The van der Waals surface area contributed by atoms with Crippen molar-refractivity contribution in [2.24, 2.45) is 34.5 Å². The maximum Gasteiger partial charge on any atom is 0.305 e. The molecule has 2 aliphatic rings. The molecular weight excluding hydrogens is 456 g/mol. The monoisotopic (exact) mass is 506 g/mol. The van der Waals surface area contributed by atoms with Gasteiger partial charge in [0, 0.05) is 11.8 Å². The fourth-order valence-corrected chi connectivity index (χ4v) is 8.07. The SMILES string of the molecule is C=C1CCCC(C)(C)[C@@H]2CC[C@@](C)([C@H](C=O)[C@@H](CC(=O)OC)[C@@H](O[Si](C)(C)C(C)(C)C)C(C)=O)[C@H]12. The van der Waals surface area contributed by atoms with E-state index in [4.69, 9.17) is 9.16 Å². The van der Waals surface area contributed by atoms with Crippen LogP contribution in [0.5, 0.6) is 0 Å². The Bertz CT molecular complexity index is 823. The van der Waals surface area contributed by atoms with Gasteiger partial charge in [-0.15, -0.1) is 0 Å². The first kappa shape index (κ1) is 30.0. The van der Waals surface area contributed by atoms with Gasteiger partial charge in [0.2, 0.25) is 0 Å². The van der Waals surface area contributed by atoms with Gasteiger partial charge in [-0.1, -0.05) is 53.7 Å². The number of rotatable bonds is 9. The van der Waals surface area contributed by atoms with Gasteiger partial charge in [-0.3, -0.25) is 9.59 Å². The van der Waals surface area contributed by atoms with Crippen LogP contribution in [0, 0.1) is 34.5 Å². The Morgan fingerprint density at radius 3 is 2.29 bits per heavy atom. The number of allylic oxidation sites excluding steroid dienone is 1. The Morgan fingerprint density at radius 1 is 1.20 bits per heavy atom. The van der Waals surface area contributed by atoms with Crippen LogP contribution in [0.4, 0.5) is 0 Å². The molecule has 5 nitrogen and oxygen atoms in total. The molecule has 0 aliphatic heterocycles. The number of fused-ring (bicyclic) bond motifs is 1. The Morgan fingerprint density at radius 2 is 1.80 bits per heavy atom. The first-order valence-electron chi connectivity index (χ1n) is 13.3. The molecule has 0 amide bonds. The van der Waals surface area contributed by atoms with E-state index in [9.17, 15) is 14.4 Å². The summed E-state index contributed by atoms with van der Waals surface area (Å²) in [6.07, 6.45) is 5.28. The second-order valence-electron chi connectivity index (χ2n) is 13.6. The number of hydrogen-bond acceptors (Lipinski definition) is 5. The molecule has 0 unspecified atom stereocenters. The highest BCUT2D eigenvalue weighted by Gasteiger charge is 2.58. The third kappa shape index (κ3) is 6.01. The number of methoxy groups -OCH3 is 1. The fraction of sp³-hybridized carbons (Fsp3) is 0.828. The van der Waals surface area contributed by atoms with Crippen molar-refractivity contribution >= 4 is 26.4 Å². The zero-order valence-electron chi connectivity index (χ0n) is 24.0. The summed E-state index contributed by atoms with van der Waals surface area (Å²) in [5, 5.41) is -0.116. The molecule has 0 aromatic carbocycles. The topological polar surface area (TPSA) is 69.7 Å². The minimum Gasteiger partial charge on any atom is -0.469 e. The van der Waals surface area contributed by atoms with Crippen molar-refractivity contribution in [1.29, 1.82) is 0 Å². The molecule has 0 spiro atoms. The third-order valence-corrected chi connectivity index (χ3v) is 14.3. The van der Waals surface area contributed by atoms with Crippen molar-refractivity contribution in [3.63, 3.8) is 0 Å². The average molecular weight is 507 g/mol. The van der Waals surface area contributed by atoms with Crippen LogP contribution >= 0.6 is 0 Å². The molecule has 0 aromatic heterocycles. The molecule has 0 N–H and O–H groups in total. The van der Waals surface area contributed by atoms with E-state index < -0.39 is 37.6 Å². The maximum atomic E-state index is 13.1. The first-order chi connectivity index (χ1) is 15.9. The Hall–Kier alpha value is -1.27. The molecule has 0 aromatic rings. The van der Waals surface area contributed by atoms with Gasteiger partial charge in [0.05, 0.1) is 13.5 Å². The molecule has 0 radical (unpaired) electrons. The lowest BCUT2D eigenvalue weighted by atomic mass is 9.58. The summed E-state index contributed by atoms with van der Waals surface area (Å²) in [5.74, 6) is -1.02. The molecule has 6 heteroatoms. The molecule has 35 heavy (non-hydrogen) atoms. The van der Waals surface area contributed by atoms with Crippen LogP contribution in [0.15, 0.2) is 12.2 Å². The molecule has 0 saturated heterocycles. The molecule has 2 saturated carbocycles. The largest absolute Gasteiger partial charge is 0.469 e. The quantitative estimate of drug-likeness (QED) is 0.150. The van der Waals surface area contributed by atoms with E-state index in [1.54, 1.807) is 0 Å². The van der Waals surface area contributed by atoms with E-state index in [0.29, 0.717) is 5.92 Å². The standard InChI is InChI=1S/C29H50O5Si/c1-19-13-12-15-28(6,7)22-14-16-29(8,25(19)22)23(18-30)21(17-24(32)33-9)26(20(2)31)34-35(10,11)27(3,4)5/h18,21-23,25-26H,1,12-17H2,2-11H3/t21-,22-,23-,25-,26+,29+/m1/s1. The molecule has 0 bridgehead atoms. The summed E-state index contributed by atoms with van der Waals surface area (Å²) in [7, 11) is -1.01. The normalized spacial score (nSPS) is 29.5. The van der Waals surface area contributed by atoms with Crippen molar-refractivity contribution in [2.45, 2.75) is 111 Å². The van der Waals surface area contributed by atoms with Crippen LogP contribution in [0.1, 0.15) is 87.0 Å². The van der Waals surface area contributed by atoms with E-state index in [1.165, 1.54) is 19.6 Å². The van der Waals surface area contributed by atoms with Gasteiger partial charge in [-0.05, 0) is 79.8 Å². The van der Waals surface area contributed by atoms with E-state index >= 15 is 0 Å². The van der Waals surface area contributed by atoms with Crippen molar-refractivity contribution in [1.82, 2.24) is 0 Å². The van der Waals surface area contributed by atoms with Crippen LogP contribution in [-0.4, -0.2) is 39.6 Å². The molecular formula is C29H50O5Si. The van der Waals surface area contributed by atoms with Gasteiger partial charge in [-0.25, -0.2) is 0 Å². The summed E-state index contributed by atoms with van der Waals surface area (Å²) >= 11 is 0. The van der Waals surface area contributed by atoms with Crippen molar-refractivity contribution in [3.05, 3.63) is 12.2 Å². The lowest BCUT2D eigenvalue weighted by Gasteiger charge is -2.47. The number of ketones is 1. The van der Waals surface area contributed by atoms with E-state index in [0.717, 1.165) is 38.4 Å². The predicted molar refractivity (Wildman–Crippen MR) is 144 cm³/mol. The molecule has 200 valence electrons. The first-order valence-corrected chi connectivity index (χ1v) is 16.2. The van der Waals surface area contributed by atoms with Crippen LogP contribution in [0.25, 0.3) is 0 Å². The minimum atomic E-state index is -2.36. The highest BCUT2D eigenvalue weighted by Crippen LogP contribution is 2.63. The highest BCUT2D eigenvalue weighted by atomic mass is 28.4. The van der Waals surface area contributed by atoms with Gasteiger partial charge >= 0.3 is 5.97 Å². The number of aldehydes is 1. The number of Topliss-reactive ketones (excluding diaryl/α,β-unsaturated/α-hetero) is 1. The van der Waals surface area contributed by atoms with E-state index in [2.05, 4.69) is 61.2 Å². The van der Waals surface area contributed by atoms with Crippen LogP contribution in [0.2, 0.25) is 18.1 Å². The number of ether oxygens (including phenoxy) is 1. The van der Waals surface area contributed by atoms with Crippen LogP contribution in [-0.2, 0) is 23.5 Å². The summed E-state index contributed by atoms with van der Waals surface area (Å²) in [4.78, 5) is 38.8. The Balaban J connectivity index is 2.61. The molecule has 0 heterocycles. The van der Waals surface area contributed by atoms with E-state index in [1.807, 2.05) is 0 Å². The molecule has 2 aliphatic carbocycles. The zero-order chi connectivity index (χ0) is 27.0. The summed E-state index contributed by atoms with van der Waals surface area (Å²) in [6, 6.07) is 0. The van der Waals surface area contributed by atoms with Gasteiger partial charge in [0.1, 0.15) is 12.4 Å². The summed E-state index contributed by atoms with van der Waals surface area (Å²) < 4.78 is 11.7. The zero-order valence-corrected chi connectivity index (χ0v) is 25.0. The van der Waals surface area contributed by atoms with Gasteiger partial charge in [-0.2, -0.15) is 0 Å². The predicted octanol–water partition coefficient (Wildman–Crippen LogP) is 6.76.